The van der Waals surface area contributed by atoms with Crippen molar-refractivity contribution in [1.82, 2.24) is 9.55 Å². The van der Waals surface area contributed by atoms with Gasteiger partial charge in [-0.3, -0.25) is 9.98 Å². The maximum atomic E-state index is 7.43. The van der Waals surface area contributed by atoms with Gasteiger partial charge in [-0.25, -0.2) is 4.98 Å². The summed E-state index contributed by atoms with van der Waals surface area (Å²) in [5.41, 5.74) is 0.523. The van der Waals surface area contributed by atoms with E-state index >= 15 is 0 Å². The summed E-state index contributed by atoms with van der Waals surface area (Å²) in [6.45, 7) is 1.75. The van der Waals surface area contributed by atoms with E-state index in [9.17, 15) is 0 Å². The van der Waals surface area contributed by atoms with Gasteiger partial charge in [-0.2, -0.15) is 0 Å². The molecule has 0 saturated heterocycles. The van der Waals surface area contributed by atoms with Gasteiger partial charge in [0.2, 0.25) is 5.95 Å². The quantitative estimate of drug-likeness (QED) is 0.518. The topological polar surface area (TPSA) is 53.7 Å². The van der Waals surface area contributed by atoms with Gasteiger partial charge in [0.15, 0.2) is 0 Å². The van der Waals surface area contributed by atoms with E-state index in [1.165, 1.54) is 0 Å². The Morgan fingerprint density at radius 2 is 2.60 bits per heavy atom. The standard InChI is InChI=1S/C6H8N4/c7-5-1-2-8-6-9-3-4-10(5)6/h1-2,7H,3-4H2,(H,8,9). The third-order valence-corrected chi connectivity index (χ3v) is 1.59. The second kappa shape index (κ2) is 1.83. The van der Waals surface area contributed by atoms with Gasteiger partial charge >= 0.3 is 0 Å². The lowest BCUT2D eigenvalue weighted by atomic mass is 10.6. The largest absolute Gasteiger partial charge is 0.354 e. The summed E-state index contributed by atoms with van der Waals surface area (Å²) in [4.78, 5) is 4.05. The van der Waals surface area contributed by atoms with Crippen LogP contribution in [0.1, 0.15) is 0 Å². The van der Waals surface area contributed by atoms with Crippen molar-refractivity contribution in [3.63, 3.8) is 0 Å². The third-order valence-electron chi connectivity index (χ3n) is 1.59. The number of nitrogens with one attached hydrogen (secondary N) is 2. The molecule has 1 aromatic rings. The Balaban J connectivity index is 2.70. The zero-order valence-electron chi connectivity index (χ0n) is 5.46. The van der Waals surface area contributed by atoms with Crippen LogP contribution in [0.15, 0.2) is 12.3 Å². The predicted molar refractivity (Wildman–Crippen MR) is 36.6 cm³/mol. The van der Waals surface area contributed by atoms with Crippen LogP contribution in [0.2, 0.25) is 0 Å². The minimum atomic E-state index is 0.523. The van der Waals surface area contributed by atoms with Gasteiger partial charge in [-0.15, -0.1) is 0 Å². The first-order chi connectivity index (χ1) is 4.88. The Kier molecular flexibility index (Phi) is 1.00. The molecule has 52 valence electrons. The molecule has 1 aliphatic rings. The molecule has 0 fully saturated rings. The number of hydrogen-bond donors (Lipinski definition) is 2. The molecule has 0 aromatic carbocycles. The van der Waals surface area contributed by atoms with E-state index in [0.717, 1.165) is 19.0 Å². The SMILES string of the molecule is N=c1ccnc2n1CCN2. The van der Waals surface area contributed by atoms with E-state index in [1.54, 1.807) is 12.3 Å². The highest BCUT2D eigenvalue weighted by Crippen LogP contribution is 2.03. The Morgan fingerprint density at radius 3 is 3.40 bits per heavy atom. The summed E-state index contributed by atoms with van der Waals surface area (Å²) in [6, 6.07) is 1.69. The van der Waals surface area contributed by atoms with Crippen molar-refractivity contribution in [3.05, 3.63) is 17.8 Å². The maximum Gasteiger partial charge on any atom is 0.204 e. The summed E-state index contributed by atoms with van der Waals surface area (Å²) in [5, 5.41) is 10.5. The van der Waals surface area contributed by atoms with Gasteiger partial charge in [0, 0.05) is 19.3 Å². The van der Waals surface area contributed by atoms with Crippen molar-refractivity contribution in [3.8, 4) is 0 Å². The molecule has 0 saturated carbocycles. The molecule has 1 aliphatic heterocycles. The van der Waals surface area contributed by atoms with Crippen molar-refractivity contribution in [1.29, 1.82) is 5.41 Å². The number of hydrogen-bond acceptors (Lipinski definition) is 3. The van der Waals surface area contributed by atoms with Crippen molar-refractivity contribution < 1.29 is 0 Å². The van der Waals surface area contributed by atoms with Crippen LogP contribution in [0.25, 0.3) is 0 Å². The summed E-state index contributed by atoms with van der Waals surface area (Å²) in [7, 11) is 0. The van der Waals surface area contributed by atoms with Crippen LogP contribution >= 0.6 is 0 Å². The van der Waals surface area contributed by atoms with Crippen LogP contribution in [0.3, 0.4) is 0 Å². The zero-order valence-corrected chi connectivity index (χ0v) is 5.46. The van der Waals surface area contributed by atoms with Crippen molar-refractivity contribution in [2.45, 2.75) is 6.54 Å². The second-order valence-electron chi connectivity index (χ2n) is 2.23. The van der Waals surface area contributed by atoms with E-state index in [-0.39, 0.29) is 0 Å². The van der Waals surface area contributed by atoms with E-state index in [1.807, 2.05) is 4.57 Å². The molecule has 0 radical (unpaired) electrons. The number of rotatable bonds is 0. The molecule has 0 spiro atoms. The lowest BCUT2D eigenvalue weighted by Gasteiger charge is -1.98. The average molecular weight is 136 g/mol. The molecule has 4 nitrogen and oxygen atoms in total. The number of anilines is 1. The molecule has 4 heteroatoms. The normalized spacial score (nSPS) is 14.4. The van der Waals surface area contributed by atoms with Crippen LogP contribution in [-0.2, 0) is 6.54 Å². The molecule has 0 atom stereocenters. The molecule has 0 unspecified atom stereocenters. The first-order valence-corrected chi connectivity index (χ1v) is 3.22. The fourth-order valence-corrected chi connectivity index (χ4v) is 1.10. The monoisotopic (exact) mass is 136 g/mol. The Morgan fingerprint density at radius 1 is 1.70 bits per heavy atom. The fourth-order valence-electron chi connectivity index (χ4n) is 1.10. The van der Waals surface area contributed by atoms with Crippen LogP contribution in [0.4, 0.5) is 5.95 Å². The average Bonchev–Trinajstić information content (AvgIpc) is 2.36. The molecule has 2 N–H and O–H groups in total. The van der Waals surface area contributed by atoms with Gasteiger partial charge < -0.3 is 5.32 Å². The van der Waals surface area contributed by atoms with Crippen LogP contribution in [0.5, 0.6) is 0 Å². The summed E-state index contributed by atoms with van der Waals surface area (Å²) in [6.07, 6.45) is 1.65. The molecular formula is C6H8N4. The van der Waals surface area contributed by atoms with Gasteiger partial charge in [0.25, 0.3) is 0 Å². The zero-order chi connectivity index (χ0) is 6.97. The van der Waals surface area contributed by atoms with E-state index < -0.39 is 0 Å². The first kappa shape index (κ1) is 5.46. The van der Waals surface area contributed by atoms with Crippen LogP contribution in [-0.4, -0.2) is 16.1 Å². The fraction of sp³-hybridized carbons (Fsp3) is 0.333. The van der Waals surface area contributed by atoms with Gasteiger partial charge in [0.1, 0.15) is 5.49 Å². The van der Waals surface area contributed by atoms with Crippen LogP contribution < -0.4 is 10.8 Å². The Labute approximate surface area is 58.0 Å². The second-order valence-corrected chi connectivity index (χ2v) is 2.23. The van der Waals surface area contributed by atoms with E-state index in [0.29, 0.717) is 5.49 Å². The lowest BCUT2D eigenvalue weighted by Crippen LogP contribution is -2.16. The first-order valence-electron chi connectivity index (χ1n) is 3.22. The summed E-state index contributed by atoms with van der Waals surface area (Å²) >= 11 is 0. The summed E-state index contributed by atoms with van der Waals surface area (Å²) < 4.78 is 1.85. The van der Waals surface area contributed by atoms with E-state index in [4.69, 9.17) is 5.41 Å². The van der Waals surface area contributed by atoms with Crippen LogP contribution in [0, 0.1) is 5.41 Å². The molecule has 0 amide bonds. The minimum Gasteiger partial charge on any atom is -0.354 e. The highest BCUT2D eigenvalue weighted by molar-refractivity contribution is 5.28. The maximum absolute atomic E-state index is 7.43. The highest BCUT2D eigenvalue weighted by atomic mass is 15.2. The number of aromatic nitrogens is 2. The molecule has 0 aliphatic carbocycles. The van der Waals surface area contributed by atoms with Crippen molar-refractivity contribution in [2.75, 3.05) is 11.9 Å². The van der Waals surface area contributed by atoms with Gasteiger partial charge in [-0.1, -0.05) is 0 Å². The molecule has 10 heavy (non-hydrogen) atoms. The number of fused-ring (bicyclic) bond motifs is 1. The molecule has 2 rings (SSSR count). The lowest BCUT2D eigenvalue weighted by molar-refractivity contribution is 0.734. The Hall–Kier alpha value is -1.32. The van der Waals surface area contributed by atoms with Crippen molar-refractivity contribution in [2.24, 2.45) is 0 Å². The molecular weight excluding hydrogens is 128 g/mol. The van der Waals surface area contributed by atoms with Gasteiger partial charge in [0.05, 0.1) is 0 Å². The Bertz CT molecular complexity index is 301. The highest BCUT2D eigenvalue weighted by Gasteiger charge is 2.07. The van der Waals surface area contributed by atoms with E-state index in [2.05, 4.69) is 10.3 Å². The minimum absolute atomic E-state index is 0.523. The molecule has 1 aromatic heterocycles. The summed E-state index contributed by atoms with van der Waals surface area (Å²) in [5.74, 6) is 0.813. The van der Waals surface area contributed by atoms with Crippen molar-refractivity contribution >= 4 is 5.95 Å². The number of nitrogens with zero attached hydrogens (tertiary/aromatic N) is 2. The molecule has 2 heterocycles. The molecule has 0 bridgehead atoms. The van der Waals surface area contributed by atoms with Gasteiger partial charge in [-0.05, 0) is 6.07 Å². The third kappa shape index (κ3) is 0.618. The predicted octanol–water partition coefficient (Wildman–Crippen LogP) is -0.212. The smallest absolute Gasteiger partial charge is 0.204 e.